The molecule has 2 aliphatic rings. The van der Waals surface area contributed by atoms with Gasteiger partial charge in [0.2, 0.25) is 0 Å². The zero-order valence-electron chi connectivity index (χ0n) is 11.7. The third-order valence-corrected chi connectivity index (χ3v) is 4.31. The molecule has 0 bridgehead atoms. The highest BCUT2D eigenvalue weighted by Gasteiger charge is 2.24. The average molecular weight is 280 g/mol. The van der Waals surface area contributed by atoms with E-state index in [0.29, 0.717) is 6.54 Å². The van der Waals surface area contributed by atoms with Crippen molar-refractivity contribution >= 4 is 0 Å². The molecule has 3 rings (SSSR count). The minimum atomic E-state index is -0.483. The maximum atomic E-state index is 13.2. The van der Waals surface area contributed by atoms with E-state index < -0.39 is 11.6 Å². The molecule has 1 N–H and O–H groups in total. The van der Waals surface area contributed by atoms with Gasteiger partial charge in [-0.15, -0.1) is 0 Å². The van der Waals surface area contributed by atoms with E-state index in [1.54, 1.807) is 0 Å². The molecule has 1 saturated carbocycles. The van der Waals surface area contributed by atoms with Crippen LogP contribution in [0.15, 0.2) is 18.2 Å². The Balaban J connectivity index is 1.45. The van der Waals surface area contributed by atoms with Crippen molar-refractivity contribution in [2.24, 2.45) is 5.92 Å². The Labute approximate surface area is 119 Å². The first-order valence-electron chi connectivity index (χ1n) is 7.60. The van der Waals surface area contributed by atoms with Gasteiger partial charge in [-0.1, -0.05) is 0 Å². The lowest BCUT2D eigenvalue weighted by Crippen LogP contribution is -2.37. The molecular formula is C16H22F2N2. The van der Waals surface area contributed by atoms with Crippen LogP contribution in [0.25, 0.3) is 0 Å². The molecule has 1 saturated heterocycles. The molecule has 1 aliphatic carbocycles. The van der Waals surface area contributed by atoms with Gasteiger partial charge in [0.1, 0.15) is 11.6 Å². The SMILES string of the molecule is Fc1cc(F)cc(CN2CCC(CNC3CC3)CC2)c1. The van der Waals surface area contributed by atoms with E-state index in [2.05, 4.69) is 10.2 Å². The van der Waals surface area contributed by atoms with Crippen LogP contribution in [0.4, 0.5) is 8.78 Å². The molecule has 0 amide bonds. The van der Waals surface area contributed by atoms with Crippen molar-refractivity contribution in [3.63, 3.8) is 0 Å². The summed E-state index contributed by atoms with van der Waals surface area (Å²) in [6, 6.07) is 4.58. The van der Waals surface area contributed by atoms with E-state index in [0.717, 1.165) is 43.2 Å². The Morgan fingerprint density at radius 2 is 1.65 bits per heavy atom. The van der Waals surface area contributed by atoms with Gasteiger partial charge in [0.25, 0.3) is 0 Å². The summed E-state index contributed by atoms with van der Waals surface area (Å²) >= 11 is 0. The number of nitrogens with one attached hydrogen (secondary N) is 1. The van der Waals surface area contributed by atoms with Gasteiger partial charge in [-0.05, 0) is 68.9 Å². The van der Waals surface area contributed by atoms with E-state index in [4.69, 9.17) is 0 Å². The molecule has 110 valence electrons. The maximum Gasteiger partial charge on any atom is 0.126 e. The maximum absolute atomic E-state index is 13.2. The van der Waals surface area contributed by atoms with Crippen LogP contribution in [0.2, 0.25) is 0 Å². The zero-order valence-corrected chi connectivity index (χ0v) is 11.7. The molecule has 4 heteroatoms. The van der Waals surface area contributed by atoms with Crippen LogP contribution in [0.1, 0.15) is 31.2 Å². The summed E-state index contributed by atoms with van der Waals surface area (Å²) in [7, 11) is 0. The van der Waals surface area contributed by atoms with Crippen molar-refractivity contribution in [3.8, 4) is 0 Å². The lowest BCUT2D eigenvalue weighted by Gasteiger charge is -2.32. The van der Waals surface area contributed by atoms with Crippen molar-refractivity contribution in [3.05, 3.63) is 35.4 Å². The van der Waals surface area contributed by atoms with Crippen molar-refractivity contribution in [1.82, 2.24) is 10.2 Å². The summed E-state index contributed by atoms with van der Waals surface area (Å²) in [5, 5.41) is 3.59. The van der Waals surface area contributed by atoms with Gasteiger partial charge in [-0.3, -0.25) is 4.90 Å². The number of piperidine rings is 1. The molecule has 2 nitrogen and oxygen atoms in total. The van der Waals surface area contributed by atoms with E-state index in [9.17, 15) is 8.78 Å². The van der Waals surface area contributed by atoms with Gasteiger partial charge in [-0.25, -0.2) is 8.78 Å². The van der Waals surface area contributed by atoms with Gasteiger partial charge in [0, 0.05) is 18.7 Å². The number of hydrogen-bond acceptors (Lipinski definition) is 2. The molecular weight excluding hydrogens is 258 g/mol. The highest BCUT2D eigenvalue weighted by molar-refractivity contribution is 5.17. The number of likely N-dealkylation sites (tertiary alicyclic amines) is 1. The third-order valence-electron chi connectivity index (χ3n) is 4.31. The summed E-state index contributed by atoms with van der Waals surface area (Å²) in [5.41, 5.74) is 0.733. The molecule has 1 aromatic carbocycles. The standard InChI is InChI=1S/C16H22F2N2/c17-14-7-13(8-15(18)9-14)11-20-5-3-12(4-6-20)10-19-16-1-2-16/h7-9,12,16,19H,1-6,10-11H2. The smallest absolute Gasteiger partial charge is 0.126 e. The molecule has 0 spiro atoms. The first-order chi connectivity index (χ1) is 9.69. The minimum Gasteiger partial charge on any atom is -0.314 e. The molecule has 1 heterocycles. The van der Waals surface area contributed by atoms with Gasteiger partial charge in [0.15, 0.2) is 0 Å². The van der Waals surface area contributed by atoms with Crippen molar-refractivity contribution in [2.45, 2.75) is 38.3 Å². The summed E-state index contributed by atoms with van der Waals surface area (Å²) < 4.78 is 26.3. The number of nitrogens with zero attached hydrogens (tertiary/aromatic N) is 1. The van der Waals surface area contributed by atoms with E-state index >= 15 is 0 Å². The molecule has 1 aromatic rings. The fraction of sp³-hybridized carbons (Fsp3) is 0.625. The molecule has 2 fully saturated rings. The van der Waals surface area contributed by atoms with Crippen LogP contribution >= 0.6 is 0 Å². The Morgan fingerprint density at radius 1 is 1.00 bits per heavy atom. The number of benzene rings is 1. The second kappa shape index (κ2) is 6.19. The quantitative estimate of drug-likeness (QED) is 0.892. The van der Waals surface area contributed by atoms with Gasteiger partial charge >= 0.3 is 0 Å². The molecule has 0 atom stereocenters. The van der Waals surface area contributed by atoms with Crippen LogP contribution in [0.3, 0.4) is 0 Å². The lowest BCUT2D eigenvalue weighted by molar-refractivity contribution is 0.175. The molecule has 1 aliphatic heterocycles. The number of halogens is 2. The molecule has 0 aromatic heterocycles. The van der Waals surface area contributed by atoms with Gasteiger partial charge < -0.3 is 5.32 Å². The first kappa shape index (κ1) is 14.0. The summed E-state index contributed by atoms with van der Waals surface area (Å²) in [6.45, 7) is 3.83. The minimum absolute atomic E-state index is 0.483. The second-order valence-corrected chi connectivity index (χ2v) is 6.18. The molecule has 20 heavy (non-hydrogen) atoms. The Morgan fingerprint density at radius 3 is 2.25 bits per heavy atom. The Bertz CT molecular complexity index is 432. The van der Waals surface area contributed by atoms with Crippen molar-refractivity contribution in [1.29, 1.82) is 0 Å². The largest absolute Gasteiger partial charge is 0.314 e. The second-order valence-electron chi connectivity index (χ2n) is 6.18. The summed E-state index contributed by atoms with van der Waals surface area (Å²) in [6.07, 6.45) is 5.03. The lowest BCUT2D eigenvalue weighted by atomic mass is 9.96. The van der Waals surface area contributed by atoms with E-state index in [1.807, 2.05) is 0 Å². The Kier molecular flexibility index (Phi) is 4.32. The first-order valence-corrected chi connectivity index (χ1v) is 7.60. The highest BCUT2D eigenvalue weighted by Crippen LogP contribution is 2.22. The van der Waals surface area contributed by atoms with E-state index in [1.165, 1.54) is 37.8 Å². The summed E-state index contributed by atoms with van der Waals surface area (Å²) in [4.78, 5) is 2.29. The van der Waals surface area contributed by atoms with Crippen LogP contribution in [-0.2, 0) is 6.54 Å². The van der Waals surface area contributed by atoms with Crippen LogP contribution in [0, 0.1) is 17.6 Å². The van der Waals surface area contributed by atoms with E-state index in [-0.39, 0.29) is 0 Å². The number of hydrogen-bond donors (Lipinski definition) is 1. The molecule has 0 radical (unpaired) electrons. The van der Waals surface area contributed by atoms with Gasteiger partial charge in [0.05, 0.1) is 0 Å². The fourth-order valence-corrected chi connectivity index (χ4v) is 2.93. The summed E-state index contributed by atoms with van der Waals surface area (Å²) in [5.74, 6) is -0.205. The number of rotatable bonds is 5. The normalized spacial score (nSPS) is 21.3. The average Bonchev–Trinajstić information content (AvgIpc) is 3.21. The highest BCUT2D eigenvalue weighted by atomic mass is 19.1. The molecule has 0 unspecified atom stereocenters. The van der Waals surface area contributed by atoms with Crippen molar-refractivity contribution < 1.29 is 8.78 Å². The Hall–Kier alpha value is -1.00. The van der Waals surface area contributed by atoms with Crippen LogP contribution < -0.4 is 5.32 Å². The topological polar surface area (TPSA) is 15.3 Å². The van der Waals surface area contributed by atoms with Crippen molar-refractivity contribution in [2.75, 3.05) is 19.6 Å². The van der Waals surface area contributed by atoms with Gasteiger partial charge in [-0.2, -0.15) is 0 Å². The third kappa shape index (κ3) is 4.00. The monoisotopic (exact) mass is 280 g/mol. The predicted octanol–water partition coefficient (Wildman–Crippen LogP) is 2.93. The predicted molar refractivity (Wildman–Crippen MR) is 75.4 cm³/mol. The van der Waals surface area contributed by atoms with Crippen LogP contribution in [-0.4, -0.2) is 30.6 Å². The fourth-order valence-electron chi connectivity index (χ4n) is 2.93. The zero-order chi connectivity index (χ0) is 13.9. The van der Waals surface area contributed by atoms with Crippen LogP contribution in [0.5, 0.6) is 0 Å².